The van der Waals surface area contributed by atoms with Crippen LogP contribution in [0.4, 0.5) is 0 Å². The second-order valence-corrected chi connectivity index (χ2v) is 5.53. The van der Waals surface area contributed by atoms with Gasteiger partial charge in [-0.2, -0.15) is 0 Å². The standard InChI is InChI=1S/C12H15ClN6O2/c13-11-4-1-9(5-14-11)6-17-8-18(10-2-3-10)7-15-12(17)16-19(20)21/h1,4-5,10H,2-3,6-8H2,(H,15,16). The van der Waals surface area contributed by atoms with Crippen molar-refractivity contribution in [2.24, 2.45) is 5.10 Å². The number of halogens is 1. The fourth-order valence-corrected chi connectivity index (χ4v) is 2.44. The van der Waals surface area contributed by atoms with E-state index in [9.17, 15) is 10.1 Å². The van der Waals surface area contributed by atoms with Crippen LogP contribution in [0.15, 0.2) is 23.4 Å². The van der Waals surface area contributed by atoms with Crippen molar-refractivity contribution < 1.29 is 5.03 Å². The maximum absolute atomic E-state index is 10.6. The largest absolute Gasteiger partial charge is 0.338 e. The van der Waals surface area contributed by atoms with Crippen LogP contribution in [0.25, 0.3) is 0 Å². The Bertz CT molecular complexity index is 559. The number of hydrogen-bond acceptors (Lipinski definition) is 4. The third-order valence-corrected chi connectivity index (χ3v) is 3.72. The molecule has 2 fully saturated rings. The number of hydrazone groups is 1. The SMILES string of the molecule is O=[N+]([O-])N=C1NCN(C2CC2)CN1Cc1ccc(Cl)nc1. The summed E-state index contributed by atoms with van der Waals surface area (Å²) in [5.41, 5.74) is 0.926. The van der Waals surface area contributed by atoms with E-state index < -0.39 is 5.03 Å². The lowest BCUT2D eigenvalue weighted by atomic mass is 10.2. The summed E-state index contributed by atoms with van der Waals surface area (Å²) in [5.74, 6) is 0.284. The minimum Gasteiger partial charge on any atom is -0.338 e. The second kappa shape index (κ2) is 5.82. The number of nitro groups is 1. The smallest absolute Gasteiger partial charge is 0.273 e. The number of nitrogens with zero attached hydrogens (tertiary/aromatic N) is 5. The van der Waals surface area contributed by atoms with Crippen molar-refractivity contribution in [2.75, 3.05) is 13.3 Å². The van der Waals surface area contributed by atoms with Crippen molar-refractivity contribution in [2.45, 2.75) is 25.4 Å². The van der Waals surface area contributed by atoms with Gasteiger partial charge in [-0.3, -0.25) is 4.90 Å². The van der Waals surface area contributed by atoms with Gasteiger partial charge in [-0.25, -0.2) is 15.1 Å². The zero-order valence-electron chi connectivity index (χ0n) is 11.3. The van der Waals surface area contributed by atoms with Gasteiger partial charge in [-0.05, 0) is 24.5 Å². The minimum atomic E-state index is -0.678. The van der Waals surface area contributed by atoms with E-state index in [4.69, 9.17) is 11.6 Å². The average molecular weight is 311 g/mol. The highest BCUT2D eigenvalue weighted by Crippen LogP contribution is 2.27. The highest BCUT2D eigenvalue weighted by atomic mass is 35.5. The van der Waals surface area contributed by atoms with Gasteiger partial charge in [0, 0.05) is 18.8 Å². The van der Waals surface area contributed by atoms with E-state index >= 15 is 0 Å². The Balaban J connectivity index is 1.75. The maximum Gasteiger partial charge on any atom is 0.273 e. The summed E-state index contributed by atoms with van der Waals surface area (Å²) in [7, 11) is 0. The summed E-state index contributed by atoms with van der Waals surface area (Å²) >= 11 is 5.77. The van der Waals surface area contributed by atoms with Crippen LogP contribution in [-0.2, 0) is 6.54 Å². The first-order valence-corrected chi connectivity index (χ1v) is 7.06. The van der Waals surface area contributed by atoms with Crippen LogP contribution in [0.1, 0.15) is 18.4 Å². The third kappa shape index (κ3) is 3.59. The van der Waals surface area contributed by atoms with E-state index in [-0.39, 0.29) is 5.96 Å². The number of nitrogens with one attached hydrogen (secondary N) is 1. The van der Waals surface area contributed by atoms with Gasteiger partial charge in [0.05, 0.1) is 13.3 Å². The van der Waals surface area contributed by atoms with Crippen LogP contribution in [0, 0.1) is 10.1 Å². The molecule has 0 unspecified atom stereocenters. The summed E-state index contributed by atoms with van der Waals surface area (Å²) in [6.45, 7) is 1.70. The molecule has 112 valence electrons. The molecule has 1 saturated carbocycles. The van der Waals surface area contributed by atoms with E-state index in [1.807, 2.05) is 11.0 Å². The van der Waals surface area contributed by atoms with Crippen LogP contribution in [-0.4, -0.2) is 45.2 Å². The van der Waals surface area contributed by atoms with Crippen molar-refractivity contribution in [3.8, 4) is 0 Å². The highest BCUT2D eigenvalue weighted by Gasteiger charge is 2.34. The first-order valence-electron chi connectivity index (χ1n) is 6.68. The van der Waals surface area contributed by atoms with E-state index in [0.717, 1.165) is 5.56 Å². The van der Waals surface area contributed by atoms with Crippen LogP contribution in [0.2, 0.25) is 5.15 Å². The molecule has 0 aromatic carbocycles. The summed E-state index contributed by atoms with van der Waals surface area (Å²) in [5, 5.41) is 16.8. The van der Waals surface area contributed by atoms with E-state index in [2.05, 4.69) is 20.3 Å². The van der Waals surface area contributed by atoms with E-state index in [1.165, 1.54) is 12.8 Å². The zero-order chi connectivity index (χ0) is 14.8. The Morgan fingerprint density at radius 3 is 2.95 bits per heavy atom. The van der Waals surface area contributed by atoms with Crippen molar-refractivity contribution in [3.05, 3.63) is 39.2 Å². The molecule has 8 nitrogen and oxygen atoms in total. The van der Waals surface area contributed by atoms with Gasteiger partial charge in [0.1, 0.15) is 10.3 Å². The second-order valence-electron chi connectivity index (χ2n) is 5.14. The Morgan fingerprint density at radius 2 is 2.33 bits per heavy atom. The monoisotopic (exact) mass is 310 g/mol. The summed E-state index contributed by atoms with van der Waals surface area (Å²) in [4.78, 5) is 18.8. The van der Waals surface area contributed by atoms with Gasteiger partial charge in [0.25, 0.3) is 5.96 Å². The number of pyridine rings is 1. The number of rotatable bonds is 4. The van der Waals surface area contributed by atoms with Gasteiger partial charge in [0.2, 0.25) is 0 Å². The summed E-state index contributed by atoms with van der Waals surface area (Å²) in [6.07, 6.45) is 4.03. The van der Waals surface area contributed by atoms with Crippen molar-refractivity contribution in [1.82, 2.24) is 20.1 Å². The zero-order valence-corrected chi connectivity index (χ0v) is 12.0. The van der Waals surface area contributed by atoms with Gasteiger partial charge in [-0.1, -0.05) is 17.7 Å². The minimum absolute atomic E-state index is 0.284. The predicted molar refractivity (Wildman–Crippen MR) is 77.0 cm³/mol. The Labute approximate surface area is 126 Å². The molecule has 1 aromatic rings. The molecule has 1 aliphatic heterocycles. The molecule has 0 bridgehead atoms. The van der Waals surface area contributed by atoms with Crippen molar-refractivity contribution in [3.63, 3.8) is 0 Å². The number of guanidine groups is 1. The number of hydrogen-bond donors (Lipinski definition) is 1. The highest BCUT2D eigenvalue weighted by molar-refractivity contribution is 6.29. The Hall–Kier alpha value is -1.93. The topological polar surface area (TPSA) is 86.9 Å². The lowest BCUT2D eigenvalue weighted by Crippen LogP contribution is -2.57. The van der Waals surface area contributed by atoms with Crippen molar-refractivity contribution >= 4 is 17.6 Å². The van der Waals surface area contributed by atoms with Crippen LogP contribution < -0.4 is 5.32 Å². The molecule has 9 heteroatoms. The maximum atomic E-state index is 10.6. The third-order valence-electron chi connectivity index (χ3n) is 3.49. The van der Waals surface area contributed by atoms with Crippen molar-refractivity contribution in [1.29, 1.82) is 0 Å². The Morgan fingerprint density at radius 1 is 1.52 bits per heavy atom. The van der Waals surface area contributed by atoms with Crippen LogP contribution >= 0.6 is 11.6 Å². The first-order chi connectivity index (χ1) is 10.1. The van der Waals surface area contributed by atoms with Gasteiger partial charge < -0.3 is 10.2 Å². The fourth-order valence-electron chi connectivity index (χ4n) is 2.33. The molecule has 1 N–H and O–H groups in total. The molecular formula is C12H15ClN6O2. The van der Waals surface area contributed by atoms with Gasteiger partial charge in [0.15, 0.2) is 5.03 Å². The molecule has 1 aliphatic carbocycles. The lowest BCUT2D eigenvalue weighted by Gasteiger charge is -2.37. The predicted octanol–water partition coefficient (Wildman–Crippen LogP) is 1.07. The lowest BCUT2D eigenvalue weighted by molar-refractivity contribution is -0.486. The molecule has 0 radical (unpaired) electrons. The molecule has 0 spiro atoms. The Kier molecular flexibility index (Phi) is 3.89. The molecule has 1 saturated heterocycles. The molecule has 0 atom stereocenters. The first kappa shape index (κ1) is 14.0. The average Bonchev–Trinajstić information content (AvgIpc) is 3.27. The van der Waals surface area contributed by atoms with Crippen LogP contribution in [0.3, 0.4) is 0 Å². The number of aromatic nitrogens is 1. The molecule has 21 heavy (non-hydrogen) atoms. The molecular weight excluding hydrogens is 296 g/mol. The quantitative estimate of drug-likeness (QED) is 0.508. The fraction of sp³-hybridized carbons (Fsp3) is 0.500. The summed E-state index contributed by atoms with van der Waals surface area (Å²) < 4.78 is 0. The molecule has 1 aromatic heterocycles. The van der Waals surface area contributed by atoms with Gasteiger partial charge in [-0.15, -0.1) is 0 Å². The normalized spacial score (nSPS) is 21.4. The molecule has 3 rings (SSSR count). The van der Waals surface area contributed by atoms with Gasteiger partial charge >= 0.3 is 0 Å². The van der Waals surface area contributed by atoms with E-state index in [1.54, 1.807) is 12.3 Å². The molecule has 2 heterocycles. The van der Waals surface area contributed by atoms with Crippen LogP contribution in [0.5, 0.6) is 0 Å². The molecule has 0 amide bonds. The van der Waals surface area contributed by atoms with E-state index in [0.29, 0.717) is 31.1 Å². The summed E-state index contributed by atoms with van der Waals surface area (Å²) in [6, 6.07) is 4.13. The molecule has 2 aliphatic rings.